The third-order valence-corrected chi connectivity index (χ3v) is 2.75. The summed E-state index contributed by atoms with van der Waals surface area (Å²) in [7, 11) is 0. The SMILES string of the molecule is c1ccc(CCNCOCc2ccccc2)cc1. The van der Waals surface area contributed by atoms with E-state index in [9.17, 15) is 0 Å². The second-order valence-electron chi connectivity index (χ2n) is 4.21. The summed E-state index contributed by atoms with van der Waals surface area (Å²) in [6.45, 7) is 2.21. The van der Waals surface area contributed by atoms with Gasteiger partial charge in [-0.05, 0) is 17.5 Å². The molecule has 0 bridgehead atoms. The normalized spacial score (nSPS) is 10.4. The van der Waals surface area contributed by atoms with E-state index in [4.69, 9.17) is 4.74 Å². The molecule has 0 radical (unpaired) electrons. The first-order chi connectivity index (χ1) is 8.95. The summed E-state index contributed by atoms with van der Waals surface area (Å²) in [6.07, 6.45) is 1.04. The predicted molar refractivity (Wildman–Crippen MR) is 74.2 cm³/mol. The van der Waals surface area contributed by atoms with Gasteiger partial charge in [-0.3, -0.25) is 5.32 Å². The van der Waals surface area contributed by atoms with Crippen LogP contribution in [0.3, 0.4) is 0 Å². The molecule has 2 nitrogen and oxygen atoms in total. The largest absolute Gasteiger partial charge is 0.362 e. The number of rotatable bonds is 7. The molecule has 18 heavy (non-hydrogen) atoms. The van der Waals surface area contributed by atoms with E-state index in [0.717, 1.165) is 13.0 Å². The van der Waals surface area contributed by atoms with Crippen LogP contribution in [0.25, 0.3) is 0 Å². The van der Waals surface area contributed by atoms with Gasteiger partial charge in [0.2, 0.25) is 0 Å². The lowest BCUT2D eigenvalue weighted by Crippen LogP contribution is -2.20. The van der Waals surface area contributed by atoms with Gasteiger partial charge in [0.25, 0.3) is 0 Å². The third kappa shape index (κ3) is 4.70. The molecule has 0 aliphatic heterocycles. The molecule has 0 fully saturated rings. The summed E-state index contributed by atoms with van der Waals surface area (Å²) < 4.78 is 5.55. The molecule has 0 aromatic heterocycles. The highest BCUT2D eigenvalue weighted by atomic mass is 16.5. The maximum atomic E-state index is 5.55. The van der Waals surface area contributed by atoms with Crippen molar-refractivity contribution < 1.29 is 4.74 Å². The molecule has 0 heterocycles. The van der Waals surface area contributed by atoms with E-state index in [1.54, 1.807) is 0 Å². The molecule has 2 aromatic carbocycles. The van der Waals surface area contributed by atoms with Crippen molar-refractivity contribution in [1.29, 1.82) is 0 Å². The van der Waals surface area contributed by atoms with Crippen LogP contribution >= 0.6 is 0 Å². The molecule has 0 aliphatic carbocycles. The van der Waals surface area contributed by atoms with Gasteiger partial charge in [-0.15, -0.1) is 0 Å². The molecular weight excluding hydrogens is 222 g/mol. The van der Waals surface area contributed by atoms with E-state index in [-0.39, 0.29) is 0 Å². The minimum absolute atomic E-state index is 0.599. The van der Waals surface area contributed by atoms with Gasteiger partial charge in [0.15, 0.2) is 0 Å². The summed E-state index contributed by atoms with van der Waals surface area (Å²) in [6, 6.07) is 20.7. The summed E-state index contributed by atoms with van der Waals surface area (Å²) >= 11 is 0. The van der Waals surface area contributed by atoms with Crippen LogP contribution in [-0.2, 0) is 17.8 Å². The number of nitrogens with one attached hydrogen (secondary N) is 1. The summed E-state index contributed by atoms with van der Waals surface area (Å²) in [5.74, 6) is 0. The zero-order valence-electron chi connectivity index (χ0n) is 10.5. The van der Waals surface area contributed by atoms with E-state index in [2.05, 4.69) is 41.7 Å². The monoisotopic (exact) mass is 241 g/mol. The Kier molecular flexibility index (Phi) is 5.44. The number of hydrogen-bond donors (Lipinski definition) is 1. The molecular formula is C16H19NO. The van der Waals surface area contributed by atoms with Crippen LogP contribution in [0, 0.1) is 0 Å². The zero-order valence-corrected chi connectivity index (χ0v) is 10.5. The van der Waals surface area contributed by atoms with Crippen LogP contribution < -0.4 is 5.32 Å². The van der Waals surface area contributed by atoms with Crippen LogP contribution in [0.1, 0.15) is 11.1 Å². The Morgan fingerprint density at radius 3 is 2.06 bits per heavy atom. The lowest BCUT2D eigenvalue weighted by atomic mass is 10.2. The molecule has 94 valence electrons. The van der Waals surface area contributed by atoms with Gasteiger partial charge in [0.05, 0.1) is 13.3 Å². The average Bonchev–Trinajstić information content (AvgIpc) is 2.45. The van der Waals surface area contributed by atoms with Crippen molar-refractivity contribution in [3.8, 4) is 0 Å². The topological polar surface area (TPSA) is 21.3 Å². The smallest absolute Gasteiger partial charge is 0.0969 e. The molecule has 2 heteroatoms. The number of benzene rings is 2. The van der Waals surface area contributed by atoms with Crippen molar-refractivity contribution in [3.63, 3.8) is 0 Å². The molecule has 0 spiro atoms. The number of hydrogen-bond acceptors (Lipinski definition) is 2. The third-order valence-electron chi connectivity index (χ3n) is 2.75. The fraction of sp³-hybridized carbons (Fsp3) is 0.250. The Balaban J connectivity index is 1.54. The Bertz CT molecular complexity index is 384. The van der Waals surface area contributed by atoms with Crippen LogP contribution in [0.2, 0.25) is 0 Å². The fourth-order valence-electron chi connectivity index (χ4n) is 1.76. The molecule has 2 aromatic rings. The maximum absolute atomic E-state index is 5.55. The Morgan fingerprint density at radius 2 is 1.39 bits per heavy atom. The number of ether oxygens (including phenoxy) is 1. The average molecular weight is 241 g/mol. The second kappa shape index (κ2) is 7.64. The Morgan fingerprint density at radius 1 is 0.778 bits per heavy atom. The fourth-order valence-corrected chi connectivity index (χ4v) is 1.76. The van der Waals surface area contributed by atoms with Crippen molar-refractivity contribution in [2.45, 2.75) is 13.0 Å². The Hall–Kier alpha value is -1.64. The van der Waals surface area contributed by atoms with Gasteiger partial charge in [-0.25, -0.2) is 0 Å². The van der Waals surface area contributed by atoms with Gasteiger partial charge in [-0.2, -0.15) is 0 Å². The van der Waals surface area contributed by atoms with Crippen molar-refractivity contribution in [2.24, 2.45) is 0 Å². The van der Waals surface area contributed by atoms with E-state index < -0.39 is 0 Å². The molecule has 0 amide bonds. The standard InChI is InChI=1S/C16H19NO/c1-3-7-15(8-4-1)11-12-17-14-18-13-16-9-5-2-6-10-16/h1-10,17H,11-14H2. The predicted octanol–water partition coefficient (Wildman–Crippen LogP) is 2.99. The lowest BCUT2D eigenvalue weighted by molar-refractivity contribution is 0.104. The summed E-state index contributed by atoms with van der Waals surface area (Å²) in [5, 5.41) is 3.28. The highest BCUT2D eigenvalue weighted by Gasteiger charge is 1.93. The van der Waals surface area contributed by atoms with Crippen LogP contribution in [-0.4, -0.2) is 13.3 Å². The van der Waals surface area contributed by atoms with E-state index in [1.165, 1.54) is 11.1 Å². The van der Waals surface area contributed by atoms with Crippen molar-refractivity contribution in [3.05, 3.63) is 71.8 Å². The molecule has 0 saturated heterocycles. The first kappa shape index (κ1) is 12.8. The van der Waals surface area contributed by atoms with Gasteiger partial charge in [0.1, 0.15) is 0 Å². The molecule has 0 unspecified atom stereocenters. The van der Waals surface area contributed by atoms with Crippen LogP contribution in [0.5, 0.6) is 0 Å². The van der Waals surface area contributed by atoms with Crippen LogP contribution in [0.15, 0.2) is 60.7 Å². The Labute approximate surface area is 109 Å². The lowest BCUT2D eigenvalue weighted by Gasteiger charge is -2.06. The van der Waals surface area contributed by atoms with E-state index in [0.29, 0.717) is 13.3 Å². The summed E-state index contributed by atoms with van der Waals surface area (Å²) in [5.41, 5.74) is 2.57. The summed E-state index contributed by atoms with van der Waals surface area (Å²) in [4.78, 5) is 0. The zero-order chi connectivity index (χ0) is 12.5. The highest BCUT2D eigenvalue weighted by molar-refractivity contribution is 5.15. The van der Waals surface area contributed by atoms with Gasteiger partial charge in [-0.1, -0.05) is 60.7 Å². The van der Waals surface area contributed by atoms with E-state index in [1.807, 2.05) is 24.3 Å². The van der Waals surface area contributed by atoms with Crippen LogP contribution in [0.4, 0.5) is 0 Å². The van der Waals surface area contributed by atoms with Gasteiger partial charge in [0, 0.05) is 6.54 Å². The van der Waals surface area contributed by atoms with E-state index >= 15 is 0 Å². The first-order valence-electron chi connectivity index (χ1n) is 6.31. The van der Waals surface area contributed by atoms with Gasteiger partial charge < -0.3 is 4.74 Å². The van der Waals surface area contributed by atoms with Gasteiger partial charge >= 0.3 is 0 Å². The van der Waals surface area contributed by atoms with Crippen molar-refractivity contribution >= 4 is 0 Å². The maximum Gasteiger partial charge on any atom is 0.0969 e. The first-order valence-corrected chi connectivity index (χ1v) is 6.31. The highest BCUT2D eigenvalue weighted by Crippen LogP contribution is 2.00. The van der Waals surface area contributed by atoms with Crippen molar-refractivity contribution in [1.82, 2.24) is 5.32 Å². The second-order valence-corrected chi connectivity index (χ2v) is 4.21. The molecule has 0 aliphatic rings. The molecule has 2 rings (SSSR count). The minimum atomic E-state index is 0.599. The quantitative estimate of drug-likeness (QED) is 0.594. The minimum Gasteiger partial charge on any atom is -0.362 e. The molecule has 1 N–H and O–H groups in total. The molecule has 0 atom stereocenters. The molecule has 0 saturated carbocycles. The van der Waals surface area contributed by atoms with Crippen molar-refractivity contribution in [2.75, 3.05) is 13.3 Å².